The Hall–Kier alpha value is -2.92. The molecule has 2 aromatic rings. The number of benzene rings is 2. The SMILES string of the molecule is Cc1ccc(/C(O)=C2\C(=O)C(=O)N(CC3CCCO3)C2c2ccccc2)cc1. The summed E-state index contributed by atoms with van der Waals surface area (Å²) in [6.07, 6.45) is 1.74. The van der Waals surface area contributed by atoms with Crippen molar-refractivity contribution in [2.45, 2.75) is 31.9 Å². The fourth-order valence-electron chi connectivity index (χ4n) is 3.92. The number of ether oxygens (including phenoxy) is 1. The van der Waals surface area contributed by atoms with E-state index in [-0.39, 0.29) is 17.4 Å². The van der Waals surface area contributed by atoms with Crippen molar-refractivity contribution < 1.29 is 19.4 Å². The van der Waals surface area contributed by atoms with Gasteiger partial charge < -0.3 is 14.7 Å². The second kappa shape index (κ2) is 7.60. The lowest BCUT2D eigenvalue weighted by atomic mass is 9.95. The first-order valence-corrected chi connectivity index (χ1v) is 9.58. The average molecular weight is 377 g/mol. The molecular formula is C23H23NO4. The van der Waals surface area contributed by atoms with Gasteiger partial charge in [-0.15, -0.1) is 0 Å². The standard InChI is InChI=1S/C23H23NO4/c1-15-9-11-17(12-10-15)21(25)19-20(16-6-3-2-4-7-16)24(23(27)22(19)26)14-18-8-5-13-28-18/h2-4,6-7,9-12,18,20,25H,5,8,13-14H2,1H3/b21-19+. The van der Waals surface area contributed by atoms with Crippen molar-refractivity contribution in [1.29, 1.82) is 0 Å². The number of hydrogen-bond donors (Lipinski definition) is 1. The number of amides is 1. The molecule has 2 aliphatic rings. The molecule has 2 heterocycles. The molecule has 144 valence electrons. The summed E-state index contributed by atoms with van der Waals surface area (Å²) in [5.41, 5.74) is 2.52. The summed E-state index contributed by atoms with van der Waals surface area (Å²) >= 11 is 0. The number of ketones is 1. The van der Waals surface area contributed by atoms with E-state index in [1.165, 1.54) is 0 Å². The Morgan fingerprint density at radius 3 is 2.46 bits per heavy atom. The fourth-order valence-corrected chi connectivity index (χ4v) is 3.92. The Balaban J connectivity index is 1.80. The number of aryl methyl sites for hydroxylation is 1. The van der Waals surface area contributed by atoms with Crippen molar-refractivity contribution in [3.63, 3.8) is 0 Å². The number of likely N-dealkylation sites (tertiary alicyclic amines) is 1. The predicted octanol–water partition coefficient (Wildman–Crippen LogP) is 3.60. The Kier molecular flexibility index (Phi) is 5.01. The zero-order valence-corrected chi connectivity index (χ0v) is 15.8. The third kappa shape index (κ3) is 3.34. The highest BCUT2D eigenvalue weighted by Crippen LogP contribution is 2.39. The van der Waals surface area contributed by atoms with Crippen LogP contribution in [0.3, 0.4) is 0 Å². The lowest BCUT2D eigenvalue weighted by Gasteiger charge is -2.27. The molecule has 2 atom stereocenters. The summed E-state index contributed by atoms with van der Waals surface area (Å²) in [5, 5.41) is 11.0. The van der Waals surface area contributed by atoms with Gasteiger partial charge in [0.2, 0.25) is 0 Å². The first kappa shape index (κ1) is 18.4. The minimum absolute atomic E-state index is 0.0798. The molecule has 28 heavy (non-hydrogen) atoms. The van der Waals surface area contributed by atoms with E-state index in [4.69, 9.17) is 4.74 Å². The van der Waals surface area contributed by atoms with Crippen LogP contribution in [0.15, 0.2) is 60.2 Å². The van der Waals surface area contributed by atoms with E-state index in [1.807, 2.05) is 49.4 Å². The molecule has 4 rings (SSSR count). The molecule has 2 unspecified atom stereocenters. The molecule has 0 aromatic heterocycles. The molecule has 5 nitrogen and oxygen atoms in total. The van der Waals surface area contributed by atoms with Gasteiger partial charge in [0, 0.05) is 18.7 Å². The number of Topliss-reactive ketones (excluding diaryl/α,β-unsaturated/α-hetero) is 1. The zero-order chi connectivity index (χ0) is 19.7. The highest BCUT2D eigenvalue weighted by atomic mass is 16.5. The zero-order valence-electron chi connectivity index (χ0n) is 15.8. The summed E-state index contributed by atoms with van der Waals surface area (Å²) in [7, 11) is 0. The number of carbonyl (C=O) groups is 2. The Labute approximate surface area is 164 Å². The first-order chi connectivity index (χ1) is 13.6. The maximum absolute atomic E-state index is 12.9. The van der Waals surface area contributed by atoms with Crippen molar-refractivity contribution in [1.82, 2.24) is 4.90 Å². The molecular weight excluding hydrogens is 354 g/mol. The molecule has 1 amide bonds. The fraction of sp³-hybridized carbons (Fsp3) is 0.304. The minimum atomic E-state index is -0.648. The van der Waals surface area contributed by atoms with Crippen LogP contribution in [-0.2, 0) is 14.3 Å². The molecule has 0 bridgehead atoms. The van der Waals surface area contributed by atoms with Crippen molar-refractivity contribution in [3.05, 3.63) is 76.9 Å². The topological polar surface area (TPSA) is 66.8 Å². The Morgan fingerprint density at radius 1 is 1.11 bits per heavy atom. The number of hydrogen-bond acceptors (Lipinski definition) is 4. The number of nitrogens with zero attached hydrogens (tertiary/aromatic N) is 1. The molecule has 5 heteroatoms. The summed E-state index contributed by atoms with van der Waals surface area (Å²) in [6, 6.07) is 16.0. The van der Waals surface area contributed by atoms with E-state index < -0.39 is 17.7 Å². The van der Waals surface area contributed by atoms with Crippen LogP contribution in [0.2, 0.25) is 0 Å². The lowest BCUT2D eigenvalue weighted by Crippen LogP contribution is -2.36. The highest BCUT2D eigenvalue weighted by Gasteiger charge is 2.46. The molecule has 2 fully saturated rings. The monoisotopic (exact) mass is 377 g/mol. The first-order valence-electron chi connectivity index (χ1n) is 9.58. The molecule has 0 spiro atoms. The van der Waals surface area contributed by atoms with E-state index in [0.29, 0.717) is 18.7 Å². The maximum Gasteiger partial charge on any atom is 0.295 e. The van der Waals surface area contributed by atoms with E-state index in [1.54, 1.807) is 17.0 Å². The van der Waals surface area contributed by atoms with Crippen LogP contribution in [0.4, 0.5) is 0 Å². The van der Waals surface area contributed by atoms with Crippen LogP contribution in [0, 0.1) is 6.92 Å². The van der Waals surface area contributed by atoms with Crippen LogP contribution in [0.1, 0.15) is 35.6 Å². The molecule has 0 saturated carbocycles. The van der Waals surface area contributed by atoms with E-state index in [0.717, 1.165) is 24.0 Å². The van der Waals surface area contributed by atoms with Gasteiger partial charge in [-0.3, -0.25) is 9.59 Å². The lowest BCUT2D eigenvalue weighted by molar-refractivity contribution is -0.140. The van der Waals surface area contributed by atoms with Gasteiger partial charge in [0.1, 0.15) is 5.76 Å². The van der Waals surface area contributed by atoms with Crippen LogP contribution < -0.4 is 0 Å². The number of aliphatic hydroxyl groups excluding tert-OH is 1. The highest BCUT2D eigenvalue weighted by molar-refractivity contribution is 6.46. The van der Waals surface area contributed by atoms with Crippen molar-refractivity contribution >= 4 is 17.4 Å². The van der Waals surface area contributed by atoms with Gasteiger partial charge in [-0.05, 0) is 25.3 Å². The van der Waals surface area contributed by atoms with Gasteiger partial charge in [-0.25, -0.2) is 0 Å². The minimum Gasteiger partial charge on any atom is -0.507 e. The molecule has 1 N–H and O–H groups in total. The van der Waals surface area contributed by atoms with Gasteiger partial charge in [0.15, 0.2) is 0 Å². The molecule has 0 aliphatic carbocycles. The molecule has 2 saturated heterocycles. The van der Waals surface area contributed by atoms with Crippen LogP contribution >= 0.6 is 0 Å². The largest absolute Gasteiger partial charge is 0.507 e. The molecule has 0 radical (unpaired) electrons. The smallest absolute Gasteiger partial charge is 0.295 e. The van der Waals surface area contributed by atoms with Crippen LogP contribution in [0.25, 0.3) is 5.76 Å². The van der Waals surface area contributed by atoms with Gasteiger partial charge in [-0.2, -0.15) is 0 Å². The van der Waals surface area contributed by atoms with Gasteiger partial charge in [0.05, 0.1) is 17.7 Å². The Bertz CT molecular complexity index is 911. The summed E-state index contributed by atoms with van der Waals surface area (Å²) < 4.78 is 5.69. The maximum atomic E-state index is 12.9. The molecule has 2 aromatic carbocycles. The van der Waals surface area contributed by atoms with Crippen molar-refractivity contribution in [2.24, 2.45) is 0 Å². The molecule has 2 aliphatic heterocycles. The van der Waals surface area contributed by atoms with Crippen LogP contribution in [-0.4, -0.2) is 41.0 Å². The third-order valence-electron chi connectivity index (χ3n) is 5.40. The second-order valence-electron chi connectivity index (χ2n) is 7.36. The Morgan fingerprint density at radius 2 is 1.82 bits per heavy atom. The van der Waals surface area contributed by atoms with Crippen molar-refractivity contribution in [2.75, 3.05) is 13.2 Å². The number of rotatable bonds is 4. The summed E-state index contributed by atoms with van der Waals surface area (Å²) in [4.78, 5) is 27.3. The second-order valence-corrected chi connectivity index (χ2v) is 7.36. The van der Waals surface area contributed by atoms with E-state index >= 15 is 0 Å². The van der Waals surface area contributed by atoms with Gasteiger partial charge in [0.25, 0.3) is 11.7 Å². The van der Waals surface area contributed by atoms with Gasteiger partial charge >= 0.3 is 0 Å². The van der Waals surface area contributed by atoms with Crippen LogP contribution in [0.5, 0.6) is 0 Å². The van der Waals surface area contributed by atoms with Crippen molar-refractivity contribution in [3.8, 4) is 0 Å². The number of carbonyl (C=O) groups excluding carboxylic acids is 2. The predicted molar refractivity (Wildman–Crippen MR) is 106 cm³/mol. The third-order valence-corrected chi connectivity index (χ3v) is 5.40. The normalized spacial score (nSPS) is 24.1. The summed E-state index contributed by atoms with van der Waals surface area (Å²) in [5.74, 6) is -1.37. The quantitative estimate of drug-likeness (QED) is 0.502. The van der Waals surface area contributed by atoms with Gasteiger partial charge in [-0.1, -0.05) is 60.2 Å². The van der Waals surface area contributed by atoms with E-state index in [9.17, 15) is 14.7 Å². The average Bonchev–Trinajstić information content (AvgIpc) is 3.31. The number of aliphatic hydroxyl groups is 1. The van der Waals surface area contributed by atoms with E-state index in [2.05, 4.69) is 0 Å². The summed E-state index contributed by atoms with van der Waals surface area (Å²) in [6.45, 7) is 2.97.